The molecule has 0 heterocycles. The second-order valence-corrected chi connectivity index (χ2v) is 5.08. The van der Waals surface area contributed by atoms with E-state index in [1.54, 1.807) is 19.9 Å². The van der Waals surface area contributed by atoms with Crippen LogP contribution in [0.15, 0.2) is 36.4 Å². The molecule has 0 saturated carbocycles. The fourth-order valence-electron chi connectivity index (χ4n) is 2.40. The van der Waals surface area contributed by atoms with Gasteiger partial charge in [0.15, 0.2) is 0 Å². The van der Waals surface area contributed by atoms with Crippen molar-refractivity contribution in [3.63, 3.8) is 0 Å². The summed E-state index contributed by atoms with van der Waals surface area (Å²) in [7, 11) is 0. The van der Waals surface area contributed by atoms with Gasteiger partial charge in [-0.15, -0.1) is 0 Å². The van der Waals surface area contributed by atoms with Crippen LogP contribution in [0.3, 0.4) is 0 Å². The van der Waals surface area contributed by atoms with Crippen molar-refractivity contribution in [3.05, 3.63) is 70.0 Å². The van der Waals surface area contributed by atoms with Gasteiger partial charge in [-0.2, -0.15) is 13.2 Å². The van der Waals surface area contributed by atoms with Crippen LogP contribution in [-0.2, 0) is 6.18 Å². The Labute approximate surface area is 120 Å². The molecule has 2 N–H and O–H groups in total. The zero-order valence-electron chi connectivity index (χ0n) is 11.6. The van der Waals surface area contributed by atoms with Crippen LogP contribution in [0.2, 0.25) is 0 Å². The molecule has 0 aromatic heterocycles. The molecule has 2 aromatic rings. The van der Waals surface area contributed by atoms with Gasteiger partial charge in [-0.05, 0) is 48.7 Å². The fourth-order valence-corrected chi connectivity index (χ4v) is 2.40. The molecule has 112 valence electrons. The third-order valence-corrected chi connectivity index (χ3v) is 3.36. The number of hydrogen-bond acceptors (Lipinski definition) is 1. The van der Waals surface area contributed by atoms with Crippen molar-refractivity contribution in [1.82, 2.24) is 0 Å². The Morgan fingerprint density at radius 2 is 1.71 bits per heavy atom. The fraction of sp³-hybridized carbons (Fsp3) is 0.250. The Balaban J connectivity index is 2.48. The van der Waals surface area contributed by atoms with Gasteiger partial charge in [-0.3, -0.25) is 0 Å². The van der Waals surface area contributed by atoms with E-state index in [4.69, 9.17) is 5.73 Å². The third kappa shape index (κ3) is 3.24. The Morgan fingerprint density at radius 3 is 2.29 bits per heavy atom. The number of benzene rings is 2. The van der Waals surface area contributed by atoms with E-state index in [2.05, 4.69) is 0 Å². The van der Waals surface area contributed by atoms with Crippen molar-refractivity contribution in [3.8, 4) is 0 Å². The number of nitrogens with two attached hydrogens (primary N) is 1. The van der Waals surface area contributed by atoms with Crippen molar-refractivity contribution in [2.24, 2.45) is 5.73 Å². The van der Waals surface area contributed by atoms with Gasteiger partial charge in [0.2, 0.25) is 0 Å². The Kier molecular flexibility index (Phi) is 4.05. The predicted molar refractivity (Wildman–Crippen MR) is 73.3 cm³/mol. The molecule has 0 amide bonds. The van der Waals surface area contributed by atoms with Crippen molar-refractivity contribution < 1.29 is 17.6 Å². The molecule has 0 saturated heterocycles. The number of halogens is 4. The lowest BCUT2D eigenvalue weighted by atomic mass is 9.93. The molecule has 0 radical (unpaired) electrons. The highest BCUT2D eigenvalue weighted by molar-refractivity contribution is 5.41. The first-order valence-corrected chi connectivity index (χ1v) is 6.39. The zero-order chi connectivity index (χ0) is 15.8. The number of hydrogen-bond donors (Lipinski definition) is 1. The molecule has 0 fully saturated rings. The first kappa shape index (κ1) is 15.5. The zero-order valence-corrected chi connectivity index (χ0v) is 11.6. The maximum absolute atomic E-state index is 14.1. The summed E-state index contributed by atoms with van der Waals surface area (Å²) in [5, 5.41) is 0. The highest BCUT2D eigenvalue weighted by Gasteiger charge is 2.31. The maximum Gasteiger partial charge on any atom is 0.416 e. The van der Waals surface area contributed by atoms with Crippen LogP contribution < -0.4 is 5.73 Å². The molecule has 0 spiro atoms. The normalized spacial score (nSPS) is 13.3. The first-order valence-electron chi connectivity index (χ1n) is 6.39. The van der Waals surface area contributed by atoms with Crippen LogP contribution in [0.25, 0.3) is 0 Å². The Hall–Kier alpha value is -1.88. The molecule has 0 aliphatic carbocycles. The largest absolute Gasteiger partial charge is 0.416 e. The van der Waals surface area contributed by atoms with E-state index in [0.717, 1.165) is 17.7 Å². The van der Waals surface area contributed by atoms with E-state index < -0.39 is 23.6 Å². The lowest BCUT2D eigenvalue weighted by Gasteiger charge is -2.18. The van der Waals surface area contributed by atoms with Crippen LogP contribution >= 0.6 is 0 Å². The monoisotopic (exact) mass is 297 g/mol. The maximum atomic E-state index is 14.1. The molecule has 2 rings (SSSR count). The van der Waals surface area contributed by atoms with E-state index in [1.807, 2.05) is 0 Å². The Bertz CT molecular complexity index is 639. The van der Waals surface area contributed by atoms with E-state index >= 15 is 0 Å². The molecule has 0 bridgehead atoms. The molecule has 0 aliphatic rings. The summed E-state index contributed by atoms with van der Waals surface area (Å²) in [6, 6.07) is 6.82. The van der Waals surface area contributed by atoms with Crippen molar-refractivity contribution >= 4 is 0 Å². The molecule has 21 heavy (non-hydrogen) atoms. The lowest BCUT2D eigenvalue weighted by Crippen LogP contribution is -2.16. The van der Waals surface area contributed by atoms with Gasteiger partial charge in [0, 0.05) is 5.56 Å². The minimum atomic E-state index is -4.45. The molecule has 5 heteroatoms. The minimum Gasteiger partial charge on any atom is -0.320 e. The van der Waals surface area contributed by atoms with Gasteiger partial charge < -0.3 is 5.73 Å². The second-order valence-electron chi connectivity index (χ2n) is 5.08. The summed E-state index contributed by atoms with van der Waals surface area (Å²) < 4.78 is 52.3. The molecule has 0 aliphatic heterocycles. The Morgan fingerprint density at radius 1 is 1.05 bits per heavy atom. The highest BCUT2D eigenvalue weighted by Crippen LogP contribution is 2.32. The summed E-state index contributed by atoms with van der Waals surface area (Å²) >= 11 is 0. The smallest absolute Gasteiger partial charge is 0.320 e. The topological polar surface area (TPSA) is 26.0 Å². The van der Waals surface area contributed by atoms with E-state index in [0.29, 0.717) is 5.56 Å². The molecule has 1 nitrogen and oxygen atoms in total. The van der Waals surface area contributed by atoms with Gasteiger partial charge in [-0.1, -0.05) is 18.2 Å². The van der Waals surface area contributed by atoms with E-state index in [9.17, 15) is 17.6 Å². The summed E-state index contributed by atoms with van der Waals surface area (Å²) in [5.41, 5.74) is 7.00. The predicted octanol–water partition coefficient (Wildman–Crippen LogP) is 4.51. The van der Waals surface area contributed by atoms with Crippen molar-refractivity contribution in [2.45, 2.75) is 26.1 Å². The van der Waals surface area contributed by atoms with Gasteiger partial charge >= 0.3 is 6.18 Å². The summed E-state index contributed by atoms with van der Waals surface area (Å²) in [5.74, 6) is -0.502. The summed E-state index contributed by atoms with van der Waals surface area (Å²) in [6.45, 7) is 3.44. The molecule has 2 aromatic carbocycles. The van der Waals surface area contributed by atoms with Crippen LogP contribution in [0.4, 0.5) is 17.6 Å². The first-order chi connectivity index (χ1) is 9.70. The number of aryl methyl sites for hydroxylation is 2. The SMILES string of the molecule is Cc1cc(C)c(C(N)c2cccc(C(F)(F)F)c2)c(F)c1. The summed E-state index contributed by atoms with van der Waals surface area (Å²) in [4.78, 5) is 0. The van der Waals surface area contributed by atoms with E-state index in [-0.39, 0.29) is 11.1 Å². The molecular formula is C16H15F4N. The van der Waals surface area contributed by atoms with Crippen LogP contribution in [-0.4, -0.2) is 0 Å². The molecule has 1 unspecified atom stereocenters. The molecular weight excluding hydrogens is 282 g/mol. The van der Waals surface area contributed by atoms with Gasteiger partial charge in [-0.25, -0.2) is 4.39 Å². The van der Waals surface area contributed by atoms with Crippen LogP contribution in [0.1, 0.15) is 33.9 Å². The second kappa shape index (κ2) is 5.48. The van der Waals surface area contributed by atoms with Crippen LogP contribution in [0, 0.1) is 19.7 Å². The van der Waals surface area contributed by atoms with Crippen LogP contribution in [0.5, 0.6) is 0 Å². The molecule has 1 atom stereocenters. The number of rotatable bonds is 2. The third-order valence-electron chi connectivity index (χ3n) is 3.36. The van der Waals surface area contributed by atoms with Gasteiger partial charge in [0.05, 0.1) is 11.6 Å². The summed E-state index contributed by atoms with van der Waals surface area (Å²) in [6.07, 6.45) is -4.45. The average molecular weight is 297 g/mol. The minimum absolute atomic E-state index is 0.222. The standard InChI is InChI=1S/C16H15F4N/c1-9-6-10(2)14(13(17)7-9)15(21)11-4-3-5-12(8-11)16(18,19)20/h3-8,15H,21H2,1-2H3. The van der Waals surface area contributed by atoms with Crippen molar-refractivity contribution in [1.29, 1.82) is 0 Å². The number of alkyl halides is 3. The van der Waals surface area contributed by atoms with Gasteiger partial charge in [0.1, 0.15) is 5.82 Å². The lowest BCUT2D eigenvalue weighted by molar-refractivity contribution is -0.137. The van der Waals surface area contributed by atoms with Gasteiger partial charge in [0.25, 0.3) is 0 Å². The van der Waals surface area contributed by atoms with E-state index in [1.165, 1.54) is 18.2 Å². The van der Waals surface area contributed by atoms with Crippen molar-refractivity contribution in [2.75, 3.05) is 0 Å². The highest BCUT2D eigenvalue weighted by atomic mass is 19.4. The average Bonchev–Trinajstić information content (AvgIpc) is 2.36. The quantitative estimate of drug-likeness (QED) is 0.811.